The Kier molecular flexibility index (Phi) is 9.40. The highest BCUT2D eigenvalue weighted by molar-refractivity contribution is 8.19. The van der Waals surface area contributed by atoms with Crippen LogP contribution in [0.5, 0.6) is 11.5 Å². The molecule has 0 unspecified atom stereocenters. The van der Waals surface area contributed by atoms with E-state index in [1.54, 1.807) is 0 Å². The number of carbonyl (C=O) groups excluding carboxylic acids is 2. The number of hydrazone groups is 1. The second kappa shape index (κ2) is 12.2. The van der Waals surface area contributed by atoms with Gasteiger partial charge in [0.25, 0.3) is 5.91 Å². The van der Waals surface area contributed by atoms with Gasteiger partial charge in [0.1, 0.15) is 5.75 Å². The zero-order valence-electron chi connectivity index (χ0n) is 17.0. The van der Waals surface area contributed by atoms with E-state index in [9.17, 15) is 9.59 Å². The first-order valence-corrected chi connectivity index (χ1v) is 12.3. The number of hydrogen-bond acceptors (Lipinski definition) is 8. The van der Waals surface area contributed by atoms with E-state index in [1.165, 1.54) is 42.5 Å². The fraction of sp³-hybridized carbons (Fsp3) is 0.286. The second-order valence-corrected chi connectivity index (χ2v) is 9.94. The van der Waals surface area contributed by atoms with Crippen molar-refractivity contribution in [3.8, 4) is 11.5 Å². The van der Waals surface area contributed by atoms with Crippen LogP contribution in [0.4, 0.5) is 0 Å². The number of methoxy groups -OCH3 is 1. The maximum atomic E-state index is 12.0. The van der Waals surface area contributed by atoms with Crippen molar-refractivity contribution >= 4 is 64.8 Å². The molecular formula is C21H20Cl2N2O5S2. The first-order chi connectivity index (χ1) is 15.5. The van der Waals surface area contributed by atoms with Gasteiger partial charge in [0.05, 0.1) is 28.0 Å². The largest absolute Gasteiger partial charge is 0.484 e. The van der Waals surface area contributed by atoms with Crippen molar-refractivity contribution in [2.45, 2.75) is 4.58 Å². The minimum Gasteiger partial charge on any atom is -0.484 e. The minimum absolute atomic E-state index is 0.157. The van der Waals surface area contributed by atoms with E-state index in [2.05, 4.69) is 15.3 Å². The van der Waals surface area contributed by atoms with Crippen LogP contribution in [0.15, 0.2) is 41.5 Å². The summed E-state index contributed by atoms with van der Waals surface area (Å²) in [5.41, 5.74) is 4.16. The third kappa shape index (κ3) is 7.23. The predicted molar refractivity (Wildman–Crippen MR) is 129 cm³/mol. The lowest BCUT2D eigenvalue weighted by Gasteiger charge is -2.10. The molecule has 1 saturated heterocycles. The highest BCUT2D eigenvalue weighted by Crippen LogP contribution is 2.45. The van der Waals surface area contributed by atoms with Crippen molar-refractivity contribution in [3.63, 3.8) is 0 Å². The molecule has 1 heterocycles. The molecule has 1 N–H and O–H groups in total. The van der Waals surface area contributed by atoms with Crippen LogP contribution < -0.4 is 14.9 Å². The summed E-state index contributed by atoms with van der Waals surface area (Å²) in [6, 6.07) is 10.8. The highest BCUT2D eigenvalue weighted by atomic mass is 35.5. The Morgan fingerprint density at radius 3 is 2.38 bits per heavy atom. The van der Waals surface area contributed by atoms with Crippen LogP contribution in [0, 0.1) is 0 Å². The third-order valence-electron chi connectivity index (χ3n) is 4.13. The topological polar surface area (TPSA) is 86.2 Å². The zero-order valence-corrected chi connectivity index (χ0v) is 20.2. The van der Waals surface area contributed by atoms with Gasteiger partial charge in [-0.1, -0.05) is 35.3 Å². The van der Waals surface area contributed by atoms with Crippen molar-refractivity contribution in [3.05, 3.63) is 57.6 Å². The van der Waals surface area contributed by atoms with Gasteiger partial charge in [-0.2, -0.15) is 5.10 Å². The van der Waals surface area contributed by atoms with E-state index >= 15 is 0 Å². The van der Waals surface area contributed by atoms with Crippen molar-refractivity contribution in [2.24, 2.45) is 5.10 Å². The average Bonchev–Trinajstić information content (AvgIpc) is 3.32. The van der Waals surface area contributed by atoms with Gasteiger partial charge in [0, 0.05) is 11.5 Å². The molecule has 2 aromatic rings. The molecule has 0 bridgehead atoms. The normalized spacial score (nSPS) is 13.8. The SMILES string of the molecule is COC(=O)COc1c(Cl)cc(/C=N\NC(=O)COc2ccc(C3SCCS3)cc2)cc1Cl. The van der Waals surface area contributed by atoms with E-state index in [4.69, 9.17) is 32.7 Å². The van der Waals surface area contributed by atoms with Gasteiger partial charge in [0.15, 0.2) is 19.0 Å². The van der Waals surface area contributed by atoms with Crippen LogP contribution in [0.3, 0.4) is 0 Å². The minimum atomic E-state index is -0.560. The molecule has 0 saturated carbocycles. The number of esters is 1. The monoisotopic (exact) mass is 514 g/mol. The van der Waals surface area contributed by atoms with Gasteiger partial charge in [-0.3, -0.25) is 4.79 Å². The average molecular weight is 515 g/mol. The number of carbonyl (C=O) groups is 2. The number of halogens is 2. The summed E-state index contributed by atoms with van der Waals surface area (Å²) in [5, 5.41) is 4.26. The Bertz CT molecular complexity index is 960. The summed E-state index contributed by atoms with van der Waals surface area (Å²) in [4.78, 5) is 23.2. The van der Waals surface area contributed by atoms with Crippen LogP contribution >= 0.6 is 46.7 Å². The fourth-order valence-corrected chi connectivity index (χ4v) is 6.09. The van der Waals surface area contributed by atoms with Crippen molar-refractivity contribution in [1.82, 2.24) is 5.43 Å². The van der Waals surface area contributed by atoms with Crippen molar-refractivity contribution < 1.29 is 23.8 Å². The molecule has 1 aliphatic heterocycles. The number of hydrogen-bond donors (Lipinski definition) is 1. The third-order valence-corrected chi connectivity index (χ3v) is 7.80. The molecule has 0 atom stereocenters. The van der Waals surface area contributed by atoms with E-state index in [1.807, 2.05) is 47.8 Å². The van der Waals surface area contributed by atoms with Gasteiger partial charge in [0.2, 0.25) is 0 Å². The lowest BCUT2D eigenvalue weighted by atomic mass is 10.2. The predicted octanol–water partition coefficient (Wildman–Crippen LogP) is 4.55. The van der Waals surface area contributed by atoms with E-state index < -0.39 is 11.9 Å². The van der Waals surface area contributed by atoms with Crippen molar-refractivity contribution in [1.29, 1.82) is 0 Å². The summed E-state index contributed by atoms with van der Waals surface area (Å²) in [5.74, 6) is 2.13. The summed E-state index contributed by atoms with van der Waals surface area (Å²) >= 11 is 16.1. The molecule has 170 valence electrons. The Morgan fingerprint density at radius 1 is 1.09 bits per heavy atom. The summed E-state index contributed by atoms with van der Waals surface area (Å²) in [7, 11) is 1.25. The van der Waals surface area contributed by atoms with Crippen LogP contribution in [0.1, 0.15) is 15.7 Å². The Hall–Kier alpha value is -2.07. The number of ether oxygens (including phenoxy) is 3. The lowest BCUT2D eigenvalue weighted by Crippen LogP contribution is -2.24. The fourth-order valence-electron chi connectivity index (χ4n) is 2.61. The number of benzene rings is 2. The summed E-state index contributed by atoms with van der Waals surface area (Å²) in [6.07, 6.45) is 1.38. The molecule has 1 amide bonds. The van der Waals surface area contributed by atoms with Crippen LogP contribution in [0.2, 0.25) is 10.0 Å². The van der Waals surface area contributed by atoms with Gasteiger partial charge in [-0.25, -0.2) is 10.2 Å². The molecule has 3 rings (SSSR count). The van der Waals surface area contributed by atoms with Gasteiger partial charge >= 0.3 is 5.97 Å². The molecule has 32 heavy (non-hydrogen) atoms. The zero-order chi connectivity index (χ0) is 22.9. The maximum Gasteiger partial charge on any atom is 0.343 e. The van der Waals surface area contributed by atoms with Gasteiger partial charge < -0.3 is 14.2 Å². The molecule has 11 heteroatoms. The van der Waals surface area contributed by atoms with E-state index in [0.717, 1.165) is 0 Å². The molecule has 1 fully saturated rings. The molecule has 2 aromatic carbocycles. The Balaban J connectivity index is 1.46. The highest BCUT2D eigenvalue weighted by Gasteiger charge is 2.18. The second-order valence-electron chi connectivity index (χ2n) is 6.40. The standard InChI is InChI=1S/C21H20Cl2N2O5S2/c1-28-19(27)12-30-20-16(22)8-13(9-17(20)23)10-24-25-18(26)11-29-15-4-2-14(3-5-15)21-31-6-7-32-21/h2-5,8-10,21H,6-7,11-12H2,1H3,(H,25,26)/b24-10-. The number of amides is 1. The van der Waals surface area contributed by atoms with Crippen molar-refractivity contribution in [2.75, 3.05) is 31.8 Å². The van der Waals surface area contributed by atoms with Crippen LogP contribution in [-0.4, -0.2) is 49.9 Å². The molecule has 0 aliphatic carbocycles. The Labute approximate surface area is 204 Å². The van der Waals surface area contributed by atoms with Gasteiger partial charge in [-0.05, 0) is 35.4 Å². The summed E-state index contributed by atoms with van der Waals surface area (Å²) < 4.78 is 15.7. The lowest BCUT2D eigenvalue weighted by molar-refractivity contribution is -0.142. The molecule has 7 nitrogen and oxygen atoms in total. The first-order valence-electron chi connectivity index (χ1n) is 9.43. The number of rotatable bonds is 9. The Morgan fingerprint density at radius 2 is 1.75 bits per heavy atom. The molecule has 0 radical (unpaired) electrons. The van der Waals surface area contributed by atoms with E-state index in [-0.39, 0.29) is 29.0 Å². The number of thioether (sulfide) groups is 2. The maximum absolute atomic E-state index is 12.0. The van der Waals surface area contributed by atoms with Crippen LogP contribution in [-0.2, 0) is 14.3 Å². The first kappa shape index (κ1) is 24.6. The number of nitrogens with one attached hydrogen (secondary N) is 1. The smallest absolute Gasteiger partial charge is 0.343 e. The summed E-state index contributed by atoms with van der Waals surface area (Å²) in [6.45, 7) is -0.494. The quantitative estimate of drug-likeness (QED) is 0.298. The van der Waals surface area contributed by atoms with E-state index in [0.29, 0.717) is 15.9 Å². The molecule has 0 aromatic heterocycles. The number of nitrogens with zero attached hydrogens (tertiary/aromatic N) is 1. The molecule has 0 spiro atoms. The molecule has 1 aliphatic rings. The van der Waals surface area contributed by atoms with Crippen LogP contribution in [0.25, 0.3) is 0 Å². The van der Waals surface area contributed by atoms with Gasteiger partial charge in [-0.15, -0.1) is 23.5 Å². The molecular weight excluding hydrogens is 495 g/mol.